The van der Waals surface area contributed by atoms with Gasteiger partial charge in [0, 0.05) is 6.07 Å². The Morgan fingerprint density at radius 3 is 2.67 bits per heavy atom. The van der Waals surface area contributed by atoms with Gasteiger partial charge in [-0.15, -0.1) is 0 Å². The number of esters is 1. The molecule has 0 N–H and O–H groups in total. The molecule has 0 spiro atoms. The summed E-state index contributed by atoms with van der Waals surface area (Å²) in [5.74, 6) is -0.714. The van der Waals surface area contributed by atoms with E-state index >= 15 is 0 Å². The van der Waals surface area contributed by atoms with Crippen LogP contribution in [0.15, 0.2) is 12.1 Å². The van der Waals surface area contributed by atoms with Crippen LogP contribution in [0.2, 0.25) is 0 Å². The van der Waals surface area contributed by atoms with E-state index in [1.165, 1.54) is 19.2 Å². The average Bonchev–Trinajstić information content (AvgIpc) is 2.21. The van der Waals surface area contributed by atoms with Gasteiger partial charge in [0.25, 0.3) is 0 Å². The third-order valence-corrected chi connectivity index (χ3v) is 1.98. The molecule has 0 aliphatic carbocycles. The van der Waals surface area contributed by atoms with Crippen molar-refractivity contribution in [3.63, 3.8) is 0 Å². The van der Waals surface area contributed by atoms with E-state index in [9.17, 15) is 9.18 Å². The SMILES string of the molecule is CCOC(=O)c1cc(C)c(F)cc1OC. The van der Waals surface area contributed by atoms with Crippen molar-refractivity contribution in [1.29, 1.82) is 0 Å². The maximum Gasteiger partial charge on any atom is 0.341 e. The Balaban J connectivity index is 3.15. The second-order valence-electron chi connectivity index (χ2n) is 3.02. The van der Waals surface area contributed by atoms with Crippen LogP contribution in [0.5, 0.6) is 5.75 Å². The molecular formula is C11H13FO3. The van der Waals surface area contributed by atoms with Crippen LogP contribution in [0.4, 0.5) is 4.39 Å². The minimum atomic E-state index is -0.502. The van der Waals surface area contributed by atoms with E-state index in [4.69, 9.17) is 9.47 Å². The van der Waals surface area contributed by atoms with Crippen molar-refractivity contribution < 1.29 is 18.7 Å². The van der Waals surface area contributed by atoms with Crippen molar-refractivity contribution >= 4 is 5.97 Å². The van der Waals surface area contributed by atoms with Gasteiger partial charge in [0.1, 0.15) is 17.1 Å². The summed E-state index contributed by atoms with van der Waals surface area (Å²) in [7, 11) is 1.38. The molecule has 0 aromatic heterocycles. The third kappa shape index (κ3) is 2.46. The molecule has 1 rings (SSSR count). The zero-order chi connectivity index (χ0) is 11.4. The first-order chi connectivity index (χ1) is 7.10. The topological polar surface area (TPSA) is 35.5 Å². The number of ether oxygens (including phenoxy) is 2. The van der Waals surface area contributed by atoms with Crippen molar-refractivity contribution in [1.82, 2.24) is 0 Å². The molecule has 82 valence electrons. The lowest BCUT2D eigenvalue weighted by Crippen LogP contribution is -2.07. The summed E-state index contributed by atoms with van der Waals surface area (Å²) in [5, 5.41) is 0. The number of hydrogen-bond acceptors (Lipinski definition) is 3. The lowest BCUT2D eigenvalue weighted by Gasteiger charge is -2.09. The summed E-state index contributed by atoms with van der Waals surface area (Å²) in [6, 6.07) is 2.60. The van der Waals surface area contributed by atoms with Gasteiger partial charge < -0.3 is 9.47 Å². The predicted molar refractivity (Wildman–Crippen MR) is 53.6 cm³/mol. The molecule has 0 aliphatic heterocycles. The van der Waals surface area contributed by atoms with E-state index in [-0.39, 0.29) is 17.9 Å². The van der Waals surface area contributed by atoms with E-state index in [0.29, 0.717) is 5.56 Å². The fourth-order valence-corrected chi connectivity index (χ4v) is 1.20. The fraction of sp³-hybridized carbons (Fsp3) is 0.364. The summed E-state index contributed by atoms with van der Waals surface area (Å²) >= 11 is 0. The van der Waals surface area contributed by atoms with Crippen molar-refractivity contribution in [2.45, 2.75) is 13.8 Å². The standard InChI is InChI=1S/C11H13FO3/c1-4-15-11(13)8-5-7(2)9(12)6-10(8)14-3/h5-6H,4H2,1-3H3. The third-order valence-electron chi connectivity index (χ3n) is 1.98. The Hall–Kier alpha value is -1.58. The van der Waals surface area contributed by atoms with Crippen molar-refractivity contribution in [3.05, 3.63) is 29.1 Å². The molecule has 0 radical (unpaired) electrons. The van der Waals surface area contributed by atoms with E-state index in [1.807, 2.05) is 0 Å². The Labute approximate surface area is 87.8 Å². The highest BCUT2D eigenvalue weighted by atomic mass is 19.1. The number of benzene rings is 1. The number of carbonyl (C=O) groups excluding carboxylic acids is 1. The van der Waals surface area contributed by atoms with Crippen molar-refractivity contribution in [2.24, 2.45) is 0 Å². The first-order valence-electron chi connectivity index (χ1n) is 4.61. The first-order valence-corrected chi connectivity index (χ1v) is 4.61. The number of aryl methyl sites for hydroxylation is 1. The molecule has 0 bridgehead atoms. The van der Waals surface area contributed by atoms with E-state index in [2.05, 4.69) is 0 Å². The van der Waals surface area contributed by atoms with E-state index < -0.39 is 11.8 Å². The quantitative estimate of drug-likeness (QED) is 0.721. The maximum atomic E-state index is 13.2. The van der Waals surface area contributed by atoms with Gasteiger partial charge in [-0.2, -0.15) is 0 Å². The highest BCUT2D eigenvalue weighted by Crippen LogP contribution is 2.23. The molecule has 3 nitrogen and oxygen atoms in total. The minimum Gasteiger partial charge on any atom is -0.496 e. The Kier molecular flexibility index (Phi) is 3.66. The van der Waals surface area contributed by atoms with Crippen LogP contribution >= 0.6 is 0 Å². The first kappa shape index (κ1) is 11.5. The highest BCUT2D eigenvalue weighted by Gasteiger charge is 2.15. The molecule has 15 heavy (non-hydrogen) atoms. The normalized spacial score (nSPS) is 9.87. The van der Waals surface area contributed by atoms with Crippen LogP contribution in [0, 0.1) is 12.7 Å². The second-order valence-corrected chi connectivity index (χ2v) is 3.02. The smallest absolute Gasteiger partial charge is 0.341 e. The molecule has 0 saturated heterocycles. The lowest BCUT2D eigenvalue weighted by molar-refractivity contribution is 0.0522. The Morgan fingerprint density at radius 2 is 2.13 bits per heavy atom. The van der Waals surface area contributed by atoms with Crippen LogP contribution in [-0.2, 0) is 4.74 Å². The van der Waals surface area contributed by atoms with Gasteiger partial charge in [-0.05, 0) is 25.5 Å². The monoisotopic (exact) mass is 212 g/mol. The number of hydrogen-bond donors (Lipinski definition) is 0. The number of methoxy groups -OCH3 is 1. The summed E-state index contributed by atoms with van der Waals surface area (Å²) in [6.45, 7) is 3.57. The fourth-order valence-electron chi connectivity index (χ4n) is 1.20. The molecule has 0 atom stereocenters. The predicted octanol–water partition coefficient (Wildman–Crippen LogP) is 2.32. The largest absolute Gasteiger partial charge is 0.496 e. The van der Waals surface area contributed by atoms with E-state index in [0.717, 1.165) is 0 Å². The number of carbonyl (C=O) groups is 1. The Morgan fingerprint density at radius 1 is 1.47 bits per heavy atom. The zero-order valence-corrected chi connectivity index (χ0v) is 8.96. The Bertz CT molecular complexity index is 374. The van der Waals surface area contributed by atoms with Crippen LogP contribution in [0.3, 0.4) is 0 Å². The van der Waals surface area contributed by atoms with Gasteiger partial charge in [-0.1, -0.05) is 0 Å². The molecular weight excluding hydrogens is 199 g/mol. The van der Waals surface area contributed by atoms with Gasteiger partial charge in [0.2, 0.25) is 0 Å². The summed E-state index contributed by atoms with van der Waals surface area (Å²) < 4.78 is 22.9. The molecule has 0 heterocycles. The molecule has 0 aliphatic rings. The summed E-state index contributed by atoms with van der Waals surface area (Å²) in [5.41, 5.74) is 0.636. The zero-order valence-electron chi connectivity index (χ0n) is 8.96. The highest BCUT2D eigenvalue weighted by molar-refractivity contribution is 5.92. The minimum absolute atomic E-state index is 0.191. The van der Waals surface area contributed by atoms with Crippen LogP contribution in [0.25, 0.3) is 0 Å². The second kappa shape index (κ2) is 4.77. The number of halogens is 1. The molecule has 0 unspecified atom stereocenters. The van der Waals surface area contributed by atoms with Gasteiger partial charge in [-0.25, -0.2) is 9.18 Å². The van der Waals surface area contributed by atoms with Gasteiger partial charge >= 0.3 is 5.97 Å². The van der Waals surface area contributed by atoms with Gasteiger partial charge in [0.05, 0.1) is 13.7 Å². The van der Waals surface area contributed by atoms with Crippen molar-refractivity contribution in [3.8, 4) is 5.75 Å². The molecule has 0 fully saturated rings. The number of rotatable bonds is 3. The average molecular weight is 212 g/mol. The van der Waals surface area contributed by atoms with Crippen LogP contribution in [0.1, 0.15) is 22.8 Å². The lowest BCUT2D eigenvalue weighted by atomic mass is 10.1. The molecule has 4 heteroatoms. The molecule has 0 saturated carbocycles. The summed E-state index contributed by atoms with van der Waals surface area (Å²) in [4.78, 5) is 11.5. The van der Waals surface area contributed by atoms with Gasteiger partial charge in [0.15, 0.2) is 0 Å². The molecule has 1 aromatic rings. The molecule has 0 amide bonds. The van der Waals surface area contributed by atoms with Crippen LogP contribution < -0.4 is 4.74 Å². The van der Waals surface area contributed by atoms with Crippen LogP contribution in [-0.4, -0.2) is 19.7 Å². The van der Waals surface area contributed by atoms with Gasteiger partial charge in [-0.3, -0.25) is 0 Å². The summed E-state index contributed by atoms with van der Waals surface area (Å²) in [6.07, 6.45) is 0. The van der Waals surface area contributed by atoms with E-state index in [1.54, 1.807) is 13.8 Å². The molecule has 1 aromatic carbocycles. The van der Waals surface area contributed by atoms with Crippen molar-refractivity contribution in [2.75, 3.05) is 13.7 Å². The maximum absolute atomic E-state index is 13.2.